The monoisotopic (exact) mass is 142 g/mol. The van der Waals surface area contributed by atoms with Crippen LogP contribution >= 0.6 is 0 Å². The minimum absolute atomic E-state index is 0. The smallest absolute Gasteiger partial charge is 0.0398 e. The van der Waals surface area contributed by atoms with Crippen LogP contribution in [0.25, 0.3) is 0 Å². The molecule has 0 aliphatic rings. The summed E-state index contributed by atoms with van der Waals surface area (Å²) in [5.41, 5.74) is 2.66. The summed E-state index contributed by atoms with van der Waals surface area (Å²) in [5.74, 6) is 0. The molecule has 0 saturated carbocycles. The Hall–Kier alpha value is -0.860. The van der Waals surface area contributed by atoms with Crippen LogP contribution in [-0.4, -0.2) is 11.0 Å². The summed E-state index contributed by atoms with van der Waals surface area (Å²) in [4.78, 5) is 0. The molecule has 0 radical (unpaired) electrons. The van der Waals surface area contributed by atoms with Gasteiger partial charge in [0.25, 0.3) is 0 Å². The lowest BCUT2D eigenvalue weighted by Crippen LogP contribution is -1.70. The van der Waals surface area contributed by atoms with Crippen molar-refractivity contribution in [1.29, 1.82) is 0 Å². The molecule has 10 heavy (non-hydrogen) atoms. The van der Waals surface area contributed by atoms with Crippen molar-refractivity contribution in [2.45, 2.75) is 13.8 Å². The van der Waals surface area contributed by atoms with E-state index in [1.807, 2.05) is 0 Å². The Balaban J connectivity index is 0. The van der Waals surface area contributed by atoms with Gasteiger partial charge in [-0.05, 0) is 13.8 Å². The van der Waals surface area contributed by atoms with Crippen molar-refractivity contribution in [3.05, 3.63) is 35.4 Å². The normalized spacial score (nSPS) is 7.40. The lowest BCUT2D eigenvalue weighted by atomic mass is 10.2. The molecule has 0 aromatic heterocycles. The fourth-order valence-electron chi connectivity index (χ4n) is 0.637. The molecular weight excluding hydrogens is 128 g/mol. The van der Waals surface area contributed by atoms with Crippen molar-refractivity contribution < 1.29 is 11.0 Å². The van der Waals surface area contributed by atoms with Gasteiger partial charge in [0.2, 0.25) is 0 Å². The van der Waals surface area contributed by atoms with E-state index in [1.165, 1.54) is 11.1 Å². The highest BCUT2D eigenvalue weighted by atomic mass is 16.0. The van der Waals surface area contributed by atoms with Crippen LogP contribution in [0.15, 0.2) is 24.3 Å². The molecule has 4 N–H and O–H groups in total. The van der Waals surface area contributed by atoms with Crippen molar-refractivity contribution >= 4 is 0 Å². The van der Waals surface area contributed by atoms with Crippen LogP contribution in [-0.2, 0) is 0 Å². The highest BCUT2D eigenvalue weighted by Crippen LogP contribution is 1.99. The molecule has 2 heteroatoms. The standard InChI is InChI=1S/C8H10.2H2O/c1-7-3-5-8(2)6-4-7;;/h3-6H,1-2H3;2*1H2. The molecule has 0 spiro atoms. The van der Waals surface area contributed by atoms with Crippen LogP contribution in [0.1, 0.15) is 11.1 Å². The number of benzene rings is 1. The van der Waals surface area contributed by atoms with Gasteiger partial charge in [0.15, 0.2) is 0 Å². The fourth-order valence-corrected chi connectivity index (χ4v) is 0.637. The highest BCUT2D eigenvalue weighted by Gasteiger charge is 1.79. The minimum Gasteiger partial charge on any atom is -0.412 e. The maximum atomic E-state index is 2.12. The van der Waals surface area contributed by atoms with Crippen LogP contribution in [0.4, 0.5) is 0 Å². The largest absolute Gasteiger partial charge is 0.412 e. The van der Waals surface area contributed by atoms with Gasteiger partial charge in [-0.1, -0.05) is 35.4 Å². The summed E-state index contributed by atoms with van der Waals surface area (Å²) in [5, 5.41) is 0. The van der Waals surface area contributed by atoms with Crippen LogP contribution < -0.4 is 0 Å². The van der Waals surface area contributed by atoms with E-state index in [-0.39, 0.29) is 11.0 Å². The number of aryl methyl sites for hydroxylation is 2. The molecule has 58 valence electrons. The average Bonchev–Trinajstić information content (AvgIpc) is 1.77. The Kier molecular flexibility index (Phi) is 5.90. The molecule has 2 nitrogen and oxygen atoms in total. The predicted molar refractivity (Wildman–Crippen MR) is 43.1 cm³/mol. The van der Waals surface area contributed by atoms with Gasteiger partial charge in [-0.25, -0.2) is 0 Å². The summed E-state index contributed by atoms with van der Waals surface area (Å²) in [6.07, 6.45) is 0. The van der Waals surface area contributed by atoms with Gasteiger partial charge in [-0.2, -0.15) is 0 Å². The lowest BCUT2D eigenvalue weighted by molar-refractivity contribution is 0.823. The second-order valence-corrected chi connectivity index (χ2v) is 2.15. The van der Waals surface area contributed by atoms with Gasteiger partial charge in [0, 0.05) is 0 Å². The van der Waals surface area contributed by atoms with Crippen molar-refractivity contribution in [3.8, 4) is 0 Å². The van der Waals surface area contributed by atoms with E-state index in [0.29, 0.717) is 0 Å². The van der Waals surface area contributed by atoms with Crippen LogP contribution in [0.2, 0.25) is 0 Å². The van der Waals surface area contributed by atoms with E-state index in [0.717, 1.165) is 0 Å². The number of hydrogen-bond donors (Lipinski definition) is 0. The first-order valence-corrected chi connectivity index (χ1v) is 2.82. The molecule has 0 atom stereocenters. The third-order valence-corrected chi connectivity index (χ3v) is 1.22. The minimum atomic E-state index is 0. The van der Waals surface area contributed by atoms with Crippen molar-refractivity contribution in [1.82, 2.24) is 0 Å². The maximum Gasteiger partial charge on any atom is -0.0398 e. The molecule has 0 aliphatic carbocycles. The van der Waals surface area contributed by atoms with E-state index >= 15 is 0 Å². The zero-order valence-electron chi connectivity index (χ0n) is 6.31. The first-order valence-electron chi connectivity index (χ1n) is 2.82. The average molecular weight is 142 g/mol. The number of hydrogen-bond acceptors (Lipinski definition) is 0. The summed E-state index contributed by atoms with van der Waals surface area (Å²) in [6, 6.07) is 8.48. The highest BCUT2D eigenvalue weighted by molar-refractivity contribution is 5.19. The molecule has 1 aromatic carbocycles. The van der Waals surface area contributed by atoms with E-state index in [4.69, 9.17) is 0 Å². The summed E-state index contributed by atoms with van der Waals surface area (Å²) < 4.78 is 0. The molecular formula is C8H14O2. The van der Waals surface area contributed by atoms with Crippen LogP contribution in [0.3, 0.4) is 0 Å². The molecule has 0 bridgehead atoms. The lowest BCUT2D eigenvalue weighted by Gasteiger charge is -1.90. The van der Waals surface area contributed by atoms with Gasteiger partial charge in [-0.3, -0.25) is 0 Å². The van der Waals surface area contributed by atoms with Crippen molar-refractivity contribution in [2.75, 3.05) is 0 Å². The van der Waals surface area contributed by atoms with Crippen LogP contribution in [0.5, 0.6) is 0 Å². The van der Waals surface area contributed by atoms with Gasteiger partial charge >= 0.3 is 0 Å². The Labute approximate surface area is 61.1 Å². The van der Waals surface area contributed by atoms with Gasteiger partial charge in [0.1, 0.15) is 0 Å². The molecule has 0 heterocycles. The van der Waals surface area contributed by atoms with E-state index in [9.17, 15) is 0 Å². The molecule has 0 fully saturated rings. The third kappa shape index (κ3) is 3.22. The maximum absolute atomic E-state index is 2.12. The first-order chi connectivity index (χ1) is 3.79. The molecule has 0 aliphatic heterocycles. The SMILES string of the molecule is Cc1ccc(C)cc1.O.O. The summed E-state index contributed by atoms with van der Waals surface area (Å²) >= 11 is 0. The molecule has 0 saturated heterocycles. The second kappa shape index (κ2) is 4.97. The fraction of sp³-hybridized carbons (Fsp3) is 0.250. The van der Waals surface area contributed by atoms with Crippen molar-refractivity contribution in [2.24, 2.45) is 0 Å². The van der Waals surface area contributed by atoms with E-state index < -0.39 is 0 Å². The van der Waals surface area contributed by atoms with E-state index in [2.05, 4.69) is 38.1 Å². The Morgan fingerprint density at radius 3 is 1.10 bits per heavy atom. The third-order valence-electron chi connectivity index (χ3n) is 1.22. The molecule has 0 amide bonds. The second-order valence-electron chi connectivity index (χ2n) is 2.15. The zero-order valence-corrected chi connectivity index (χ0v) is 6.31. The summed E-state index contributed by atoms with van der Waals surface area (Å²) in [6.45, 7) is 4.19. The Bertz CT molecular complexity index is 146. The van der Waals surface area contributed by atoms with Gasteiger partial charge in [0.05, 0.1) is 0 Å². The molecule has 1 rings (SSSR count). The van der Waals surface area contributed by atoms with Crippen LogP contribution in [0, 0.1) is 13.8 Å². The van der Waals surface area contributed by atoms with Gasteiger partial charge < -0.3 is 11.0 Å². The molecule has 1 aromatic rings. The van der Waals surface area contributed by atoms with E-state index in [1.54, 1.807) is 0 Å². The summed E-state index contributed by atoms with van der Waals surface area (Å²) in [7, 11) is 0. The van der Waals surface area contributed by atoms with Crippen molar-refractivity contribution in [3.63, 3.8) is 0 Å². The zero-order chi connectivity index (χ0) is 5.98. The number of rotatable bonds is 0. The first kappa shape index (κ1) is 11.9. The Morgan fingerprint density at radius 1 is 0.700 bits per heavy atom. The van der Waals surface area contributed by atoms with Gasteiger partial charge in [-0.15, -0.1) is 0 Å². The Morgan fingerprint density at radius 2 is 0.900 bits per heavy atom. The topological polar surface area (TPSA) is 63.0 Å². The predicted octanol–water partition coefficient (Wildman–Crippen LogP) is 0.654. The molecule has 0 unspecified atom stereocenters. The quantitative estimate of drug-likeness (QED) is 0.510.